The van der Waals surface area contributed by atoms with Crippen LogP contribution in [-0.2, 0) is 17.6 Å². The van der Waals surface area contributed by atoms with E-state index in [4.69, 9.17) is 9.26 Å². The number of nitrogens with one attached hydrogen (secondary N) is 1. The summed E-state index contributed by atoms with van der Waals surface area (Å²) in [7, 11) is 0. The van der Waals surface area contributed by atoms with Crippen LogP contribution in [0.15, 0.2) is 28.9 Å². The highest BCUT2D eigenvalue weighted by atomic mass is 16.5. The minimum absolute atomic E-state index is 0.0165. The highest BCUT2D eigenvalue weighted by molar-refractivity contribution is 5.93. The average Bonchev–Trinajstić information content (AvgIpc) is 3.14. The Morgan fingerprint density at radius 1 is 1.23 bits per heavy atom. The summed E-state index contributed by atoms with van der Waals surface area (Å²) in [5.74, 6) is 0.191. The van der Waals surface area contributed by atoms with Gasteiger partial charge in [-0.1, -0.05) is 11.2 Å². The Labute approximate surface area is 152 Å². The maximum absolute atomic E-state index is 12.7. The van der Waals surface area contributed by atoms with E-state index >= 15 is 0 Å². The second-order valence-electron chi connectivity index (χ2n) is 6.77. The molecule has 0 unspecified atom stereocenters. The number of carbonyl (C=O) groups is 1. The van der Waals surface area contributed by atoms with Gasteiger partial charge < -0.3 is 14.6 Å². The van der Waals surface area contributed by atoms with Crippen LogP contribution >= 0.6 is 0 Å². The van der Waals surface area contributed by atoms with Crippen molar-refractivity contribution in [2.75, 3.05) is 32.8 Å². The molecule has 0 radical (unpaired) electrons. The van der Waals surface area contributed by atoms with Crippen molar-refractivity contribution in [2.45, 2.75) is 31.7 Å². The third-order valence-electron chi connectivity index (χ3n) is 5.14. The van der Waals surface area contributed by atoms with Crippen molar-refractivity contribution in [2.24, 2.45) is 0 Å². The zero-order chi connectivity index (χ0) is 17.8. The maximum atomic E-state index is 12.7. The van der Waals surface area contributed by atoms with E-state index < -0.39 is 0 Å². The quantitative estimate of drug-likeness (QED) is 0.879. The summed E-state index contributed by atoms with van der Waals surface area (Å²) in [6.07, 6.45) is 5.75. The van der Waals surface area contributed by atoms with E-state index in [-0.39, 0.29) is 11.9 Å². The molecule has 0 spiro atoms. The summed E-state index contributed by atoms with van der Waals surface area (Å²) >= 11 is 0. The molecule has 2 aromatic heterocycles. The van der Waals surface area contributed by atoms with Crippen molar-refractivity contribution >= 4 is 5.91 Å². The number of pyridine rings is 1. The van der Waals surface area contributed by atoms with Crippen LogP contribution in [0.25, 0.3) is 0 Å². The first-order valence-electron chi connectivity index (χ1n) is 9.31. The minimum atomic E-state index is -0.185. The van der Waals surface area contributed by atoms with Gasteiger partial charge in [0.15, 0.2) is 0 Å². The van der Waals surface area contributed by atoms with Gasteiger partial charge in [0.25, 0.3) is 5.91 Å². The third kappa shape index (κ3) is 3.64. The molecule has 138 valence electrons. The fourth-order valence-corrected chi connectivity index (χ4v) is 3.72. The highest BCUT2D eigenvalue weighted by Gasteiger charge is 2.27. The Kier molecular flexibility index (Phi) is 5.26. The molecule has 1 amide bonds. The Balaban J connectivity index is 1.47. The van der Waals surface area contributed by atoms with Crippen molar-refractivity contribution in [1.29, 1.82) is 0 Å². The topological polar surface area (TPSA) is 80.5 Å². The molecule has 1 saturated heterocycles. The molecule has 7 heteroatoms. The van der Waals surface area contributed by atoms with Gasteiger partial charge in [0.05, 0.1) is 30.6 Å². The number of fused-ring (bicyclic) bond motifs is 1. The molecule has 3 heterocycles. The van der Waals surface area contributed by atoms with Crippen LogP contribution in [0.2, 0.25) is 0 Å². The SMILES string of the molecule is O=C(NC[C@H](c1ccccn1)N1CCOCC1)c1onc2c1CCCC2. The lowest BCUT2D eigenvalue weighted by Crippen LogP contribution is -2.44. The van der Waals surface area contributed by atoms with Gasteiger partial charge in [-0.15, -0.1) is 0 Å². The summed E-state index contributed by atoms with van der Waals surface area (Å²) in [5.41, 5.74) is 2.87. The zero-order valence-corrected chi connectivity index (χ0v) is 14.8. The van der Waals surface area contributed by atoms with Gasteiger partial charge in [-0.05, 0) is 37.8 Å². The van der Waals surface area contributed by atoms with E-state index in [2.05, 4.69) is 20.4 Å². The van der Waals surface area contributed by atoms with Crippen LogP contribution < -0.4 is 5.32 Å². The van der Waals surface area contributed by atoms with Crippen molar-refractivity contribution in [3.63, 3.8) is 0 Å². The summed E-state index contributed by atoms with van der Waals surface area (Å²) in [6.45, 7) is 3.54. The van der Waals surface area contributed by atoms with Gasteiger partial charge in [0.2, 0.25) is 5.76 Å². The maximum Gasteiger partial charge on any atom is 0.290 e. The van der Waals surface area contributed by atoms with Crippen molar-refractivity contribution in [3.05, 3.63) is 47.1 Å². The first-order chi connectivity index (χ1) is 12.8. The average molecular weight is 356 g/mol. The molecule has 1 atom stereocenters. The Morgan fingerprint density at radius 3 is 2.88 bits per heavy atom. The van der Waals surface area contributed by atoms with Gasteiger partial charge in [-0.25, -0.2) is 0 Å². The first-order valence-corrected chi connectivity index (χ1v) is 9.31. The van der Waals surface area contributed by atoms with Crippen molar-refractivity contribution in [1.82, 2.24) is 20.4 Å². The number of ether oxygens (including phenoxy) is 1. The molecule has 1 fully saturated rings. The number of amides is 1. The molecule has 1 aliphatic heterocycles. The molecule has 1 aliphatic carbocycles. The van der Waals surface area contributed by atoms with E-state index in [1.807, 2.05) is 18.2 Å². The van der Waals surface area contributed by atoms with Gasteiger partial charge in [-0.2, -0.15) is 0 Å². The van der Waals surface area contributed by atoms with Crippen LogP contribution in [-0.4, -0.2) is 53.8 Å². The predicted octanol–water partition coefficient (Wildman–Crippen LogP) is 1.75. The molecule has 2 aromatic rings. The Hall–Kier alpha value is -2.25. The van der Waals surface area contributed by atoms with Crippen LogP contribution in [0, 0.1) is 0 Å². The molecular weight excluding hydrogens is 332 g/mol. The molecule has 0 saturated carbocycles. The molecule has 1 N–H and O–H groups in total. The predicted molar refractivity (Wildman–Crippen MR) is 94.8 cm³/mol. The number of carbonyl (C=O) groups excluding carboxylic acids is 1. The number of hydrogen-bond donors (Lipinski definition) is 1. The highest BCUT2D eigenvalue weighted by Crippen LogP contribution is 2.24. The smallest absolute Gasteiger partial charge is 0.290 e. The standard InChI is InChI=1S/C19H24N4O3/c24-19(18-14-5-1-2-6-15(14)22-26-18)21-13-17(16-7-3-4-8-20-16)23-9-11-25-12-10-23/h3-4,7-8,17H,1-2,5-6,9-13H2,(H,21,24)/t17-/m1/s1. The number of aromatic nitrogens is 2. The lowest BCUT2D eigenvalue weighted by atomic mass is 9.96. The minimum Gasteiger partial charge on any atom is -0.379 e. The number of morpholine rings is 1. The number of aryl methyl sites for hydroxylation is 1. The summed E-state index contributed by atoms with van der Waals surface area (Å²) < 4.78 is 10.8. The zero-order valence-electron chi connectivity index (χ0n) is 14.8. The Morgan fingerprint density at radius 2 is 2.08 bits per heavy atom. The van der Waals surface area contributed by atoms with Crippen LogP contribution in [0.3, 0.4) is 0 Å². The summed E-state index contributed by atoms with van der Waals surface area (Å²) in [4.78, 5) is 19.5. The fourth-order valence-electron chi connectivity index (χ4n) is 3.72. The molecule has 0 bridgehead atoms. The van der Waals surface area contributed by atoms with Crippen LogP contribution in [0.5, 0.6) is 0 Å². The van der Waals surface area contributed by atoms with Crippen LogP contribution in [0.1, 0.15) is 46.4 Å². The second-order valence-corrected chi connectivity index (χ2v) is 6.77. The number of nitrogens with zero attached hydrogens (tertiary/aromatic N) is 3. The van der Waals surface area contributed by atoms with Crippen molar-refractivity contribution < 1.29 is 14.1 Å². The molecule has 0 aromatic carbocycles. The van der Waals surface area contributed by atoms with Crippen molar-refractivity contribution in [3.8, 4) is 0 Å². The van der Waals surface area contributed by atoms with Gasteiger partial charge in [0.1, 0.15) is 0 Å². The van der Waals surface area contributed by atoms with E-state index in [9.17, 15) is 4.79 Å². The second kappa shape index (κ2) is 7.97. The van der Waals surface area contributed by atoms with Gasteiger partial charge >= 0.3 is 0 Å². The van der Waals surface area contributed by atoms with E-state index in [1.165, 1.54) is 0 Å². The van der Waals surface area contributed by atoms with E-state index in [0.717, 1.165) is 55.7 Å². The number of rotatable bonds is 5. The lowest BCUT2D eigenvalue weighted by molar-refractivity contribution is 0.0153. The van der Waals surface area contributed by atoms with Crippen LogP contribution in [0.4, 0.5) is 0 Å². The summed E-state index contributed by atoms with van der Waals surface area (Å²) in [6, 6.07) is 5.90. The van der Waals surface area contributed by atoms with Gasteiger partial charge in [0, 0.05) is 31.4 Å². The molecule has 26 heavy (non-hydrogen) atoms. The van der Waals surface area contributed by atoms with Gasteiger partial charge in [-0.3, -0.25) is 14.7 Å². The molecular formula is C19H24N4O3. The van der Waals surface area contributed by atoms with E-state index in [1.54, 1.807) is 6.20 Å². The molecule has 4 rings (SSSR count). The largest absolute Gasteiger partial charge is 0.379 e. The normalized spacial score (nSPS) is 18.9. The number of hydrogen-bond acceptors (Lipinski definition) is 6. The summed E-state index contributed by atoms with van der Waals surface area (Å²) in [5, 5.41) is 7.11. The fraction of sp³-hybridized carbons (Fsp3) is 0.526. The molecule has 7 nitrogen and oxygen atoms in total. The monoisotopic (exact) mass is 356 g/mol. The molecule has 2 aliphatic rings. The first kappa shape index (κ1) is 17.2. The Bertz CT molecular complexity index is 740. The third-order valence-corrected chi connectivity index (χ3v) is 5.14. The lowest BCUT2D eigenvalue weighted by Gasteiger charge is -2.34. The van der Waals surface area contributed by atoms with E-state index in [0.29, 0.717) is 25.5 Å².